The smallest absolute Gasteiger partial charge is 0.192 e. The van der Waals surface area contributed by atoms with E-state index >= 15 is 0 Å². The quantitative estimate of drug-likeness (QED) is 0.785. The topological polar surface area (TPSA) is 55.2 Å². The molecule has 1 saturated carbocycles. The Bertz CT molecular complexity index is 534. The Hall–Kier alpha value is -0.303. The third-order valence-corrected chi connectivity index (χ3v) is 9.95. The second-order valence-corrected chi connectivity index (χ2v) is 14.2. The molecule has 0 bridgehead atoms. The number of aliphatic hydroxyl groups is 1. The van der Waals surface area contributed by atoms with Gasteiger partial charge in [0.25, 0.3) is 0 Å². The van der Waals surface area contributed by atoms with Gasteiger partial charge in [-0.2, -0.15) is 0 Å². The summed E-state index contributed by atoms with van der Waals surface area (Å²) in [5, 5.41) is 10.9. The van der Waals surface area contributed by atoms with Crippen LogP contribution >= 0.6 is 15.9 Å². The first-order valence-corrected chi connectivity index (χ1v) is 11.4. The molecule has 0 aromatic carbocycles. The molecule has 6 heteroatoms. The van der Waals surface area contributed by atoms with E-state index in [9.17, 15) is 5.11 Å². The van der Waals surface area contributed by atoms with Gasteiger partial charge in [0, 0.05) is 19.0 Å². The van der Waals surface area contributed by atoms with Crippen LogP contribution in [0.2, 0.25) is 18.1 Å². The van der Waals surface area contributed by atoms with Gasteiger partial charge in [-0.3, -0.25) is 0 Å². The van der Waals surface area contributed by atoms with Crippen molar-refractivity contribution in [1.82, 2.24) is 9.97 Å². The summed E-state index contributed by atoms with van der Waals surface area (Å²) >= 11 is 3.32. The summed E-state index contributed by atoms with van der Waals surface area (Å²) in [7, 11) is -1.75. The van der Waals surface area contributed by atoms with Crippen LogP contribution in [0.4, 0.5) is 0 Å². The van der Waals surface area contributed by atoms with Gasteiger partial charge in [0.15, 0.2) is 14.1 Å². The maximum atomic E-state index is 10.7. The van der Waals surface area contributed by atoms with Crippen molar-refractivity contribution in [3.63, 3.8) is 0 Å². The highest BCUT2D eigenvalue weighted by atomic mass is 79.9. The Kier molecular flexibility index (Phi) is 4.63. The summed E-state index contributed by atoms with van der Waals surface area (Å²) in [6, 6.07) is 0. The molecule has 0 amide bonds. The Balaban J connectivity index is 1.98. The monoisotopic (exact) mass is 386 g/mol. The number of aromatic nitrogens is 2. The summed E-state index contributed by atoms with van der Waals surface area (Å²) in [4.78, 5) is 8.49. The van der Waals surface area contributed by atoms with Crippen molar-refractivity contribution < 1.29 is 9.53 Å². The molecule has 22 heavy (non-hydrogen) atoms. The van der Waals surface area contributed by atoms with Crippen LogP contribution in [-0.2, 0) is 10.0 Å². The van der Waals surface area contributed by atoms with E-state index in [1.807, 2.05) is 0 Å². The summed E-state index contributed by atoms with van der Waals surface area (Å²) in [5.74, 6) is 0.514. The molecule has 1 aliphatic carbocycles. The predicted octanol–water partition coefficient (Wildman–Crippen LogP) is 4.25. The first-order chi connectivity index (χ1) is 9.87. The zero-order valence-electron chi connectivity index (χ0n) is 14.4. The van der Waals surface area contributed by atoms with Crippen molar-refractivity contribution in [3.8, 4) is 0 Å². The molecule has 0 aliphatic heterocycles. The minimum Gasteiger partial charge on any atom is -0.416 e. The maximum Gasteiger partial charge on any atom is 0.192 e. The molecule has 1 fully saturated rings. The molecule has 1 heterocycles. The second kappa shape index (κ2) is 5.65. The Morgan fingerprint density at radius 2 is 1.77 bits per heavy atom. The van der Waals surface area contributed by atoms with Gasteiger partial charge in [-0.25, -0.2) is 9.97 Å². The van der Waals surface area contributed by atoms with Crippen LogP contribution in [0.1, 0.15) is 46.4 Å². The zero-order chi connectivity index (χ0) is 16.8. The largest absolute Gasteiger partial charge is 0.416 e. The number of halogens is 1. The molecule has 0 atom stereocenters. The number of hydrogen-bond donors (Lipinski definition) is 1. The predicted molar refractivity (Wildman–Crippen MR) is 94.1 cm³/mol. The van der Waals surface area contributed by atoms with Crippen LogP contribution < -0.4 is 0 Å². The van der Waals surface area contributed by atoms with E-state index in [1.54, 1.807) is 12.4 Å². The molecule has 4 nitrogen and oxygen atoms in total. The van der Waals surface area contributed by atoms with Crippen molar-refractivity contribution in [2.75, 3.05) is 6.61 Å². The van der Waals surface area contributed by atoms with Crippen molar-refractivity contribution in [2.45, 2.75) is 64.3 Å². The number of rotatable bonds is 4. The molecular formula is C16H27BrN2O2Si. The first-order valence-electron chi connectivity index (χ1n) is 7.71. The van der Waals surface area contributed by atoms with Gasteiger partial charge >= 0.3 is 0 Å². The molecule has 1 aromatic rings. The van der Waals surface area contributed by atoms with E-state index in [4.69, 9.17) is 4.43 Å². The van der Waals surface area contributed by atoms with Crippen LogP contribution in [-0.4, -0.2) is 30.0 Å². The molecule has 0 radical (unpaired) electrons. The highest BCUT2D eigenvalue weighted by Gasteiger charge is 2.54. The fourth-order valence-electron chi connectivity index (χ4n) is 2.74. The van der Waals surface area contributed by atoms with Gasteiger partial charge in [-0.15, -0.1) is 0 Å². The van der Waals surface area contributed by atoms with E-state index in [0.29, 0.717) is 25.3 Å². The Labute approximate surface area is 143 Å². The van der Waals surface area contributed by atoms with E-state index < -0.39 is 13.9 Å². The van der Waals surface area contributed by atoms with Crippen molar-refractivity contribution in [2.24, 2.45) is 5.41 Å². The minimum atomic E-state index is -1.75. The van der Waals surface area contributed by atoms with E-state index in [2.05, 4.69) is 66.7 Å². The lowest BCUT2D eigenvalue weighted by Crippen LogP contribution is -2.53. The van der Waals surface area contributed by atoms with Crippen LogP contribution in [0.3, 0.4) is 0 Å². The molecule has 0 unspecified atom stereocenters. The van der Waals surface area contributed by atoms with Crippen molar-refractivity contribution >= 4 is 24.2 Å². The SMILES string of the molecule is CC1(CO[Si](C)(C)C(C)(C)C)CC(O)(c2ncc(Br)cn2)C1. The van der Waals surface area contributed by atoms with Gasteiger partial charge in [-0.1, -0.05) is 27.7 Å². The molecule has 2 rings (SSSR count). The van der Waals surface area contributed by atoms with Gasteiger partial charge < -0.3 is 9.53 Å². The minimum absolute atomic E-state index is 0.000698. The molecule has 0 spiro atoms. The molecule has 124 valence electrons. The Morgan fingerprint density at radius 3 is 2.23 bits per heavy atom. The number of nitrogens with zero attached hydrogens (tertiary/aromatic N) is 2. The molecule has 1 aromatic heterocycles. The molecular weight excluding hydrogens is 360 g/mol. The summed E-state index contributed by atoms with van der Waals surface area (Å²) in [6.07, 6.45) is 4.66. The highest BCUT2D eigenvalue weighted by molar-refractivity contribution is 9.10. The lowest BCUT2D eigenvalue weighted by Gasteiger charge is -2.51. The second-order valence-electron chi connectivity index (χ2n) is 8.47. The molecule has 1 aliphatic rings. The normalized spacial score (nSPS) is 29.3. The summed E-state index contributed by atoms with van der Waals surface area (Å²) < 4.78 is 7.15. The van der Waals surface area contributed by atoms with Gasteiger partial charge in [0.1, 0.15) is 5.60 Å². The number of hydrogen-bond acceptors (Lipinski definition) is 4. The van der Waals surface area contributed by atoms with E-state index in [0.717, 1.165) is 4.47 Å². The standard InChI is InChI=1S/C16H27BrN2O2Si/c1-14(2,3)22(5,6)21-11-15(4)9-16(20,10-15)13-18-7-12(17)8-19-13/h7-8,20H,9-11H2,1-6H3. The van der Waals surface area contributed by atoms with Crippen LogP contribution in [0.15, 0.2) is 16.9 Å². The third-order valence-electron chi connectivity index (χ3n) is 5.06. The first kappa shape index (κ1) is 18.0. The van der Waals surface area contributed by atoms with Crippen LogP contribution in [0.25, 0.3) is 0 Å². The van der Waals surface area contributed by atoms with Gasteiger partial charge in [0.05, 0.1) is 4.47 Å². The Morgan fingerprint density at radius 1 is 1.27 bits per heavy atom. The van der Waals surface area contributed by atoms with Crippen LogP contribution in [0, 0.1) is 5.41 Å². The highest BCUT2D eigenvalue weighted by Crippen LogP contribution is 2.53. The maximum absolute atomic E-state index is 10.7. The average Bonchev–Trinajstić information content (AvgIpc) is 2.34. The average molecular weight is 387 g/mol. The summed E-state index contributed by atoms with van der Waals surface area (Å²) in [5.41, 5.74) is -0.910. The molecule has 1 N–H and O–H groups in total. The fourth-order valence-corrected chi connectivity index (χ4v) is 4.09. The lowest BCUT2D eigenvalue weighted by atomic mass is 9.60. The third kappa shape index (κ3) is 3.61. The lowest BCUT2D eigenvalue weighted by molar-refractivity contribution is -0.147. The van der Waals surface area contributed by atoms with Crippen molar-refractivity contribution in [3.05, 3.63) is 22.7 Å². The van der Waals surface area contributed by atoms with Crippen LogP contribution in [0.5, 0.6) is 0 Å². The van der Waals surface area contributed by atoms with Gasteiger partial charge in [0.2, 0.25) is 0 Å². The van der Waals surface area contributed by atoms with E-state index in [1.165, 1.54) is 0 Å². The zero-order valence-corrected chi connectivity index (χ0v) is 17.0. The summed E-state index contributed by atoms with van der Waals surface area (Å²) in [6.45, 7) is 14.1. The van der Waals surface area contributed by atoms with Crippen molar-refractivity contribution in [1.29, 1.82) is 0 Å². The van der Waals surface area contributed by atoms with Gasteiger partial charge in [-0.05, 0) is 52.3 Å². The fraction of sp³-hybridized carbons (Fsp3) is 0.750. The van der Waals surface area contributed by atoms with E-state index in [-0.39, 0.29) is 10.5 Å². The molecule has 0 saturated heterocycles.